The van der Waals surface area contributed by atoms with Gasteiger partial charge in [0.05, 0.1) is 17.0 Å². The van der Waals surface area contributed by atoms with Crippen molar-refractivity contribution in [3.05, 3.63) is 27.1 Å². The molecule has 17 heavy (non-hydrogen) atoms. The number of nitrogens with zero attached hydrogens (tertiary/aromatic N) is 1. The molecule has 0 saturated carbocycles. The van der Waals surface area contributed by atoms with Crippen molar-refractivity contribution in [2.75, 3.05) is 6.54 Å². The molecule has 0 unspecified atom stereocenters. The number of rotatable bonds is 3. The number of nitro groups is 1. The van der Waals surface area contributed by atoms with E-state index >= 15 is 0 Å². The molecular weight excluding hydrogens is 246 g/mol. The Labute approximate surface area is 100.0 Å². The maximum atomic E-state index is 11.4. The van der Waals surface area contributed by atoms with Gasteiger partial charge in [-0.2, -0.15) is 0 Å². The predicted octanol–water partition coefficient (Wildman–Crippen LogP) is 0.729. The molecule has 0 fully saturated rings. The Morgan fingerprint density at radius 1 is 1.59 bits per heavy atom. The van der Waals surface area contributed by atoms with Crippen LogP contribution < -0.4 is 10.6 Å². The SMILES string of the molecule is C#CCNC(=O)NC(=O)c1csc([N+](=O)[O-])c1. The zero-order chi connectivity index (χ0) is 12.8. The first-order valence-corrected chi connectivity index (χ1v) is 5.18. The molecular formula is C9H7N3O4S. The number of hydrogen-bond acceptors (Lipinski definition) is 5. The summed E-state index contributed by atoms with van der Waals surface area (Å²) in [6.07, 6.45) is 4.90. The lowest BCUT2D eigenvalue weighted by Crippen LogP contribution is -2.39. The fraction of sp³-hybridized carbons (Fsp3) is 0.111. The van der Waals surface area contributed by atoms with Gasteiger partial charge in [-0.25, -0.2) is 4.79 Å². The summed E-state index contributed by atoms with van der Waals surface area (Å²) >= 11 is 0.807. The third-order valence-corrected chi connectivity index (χ3v) is 2.49. The zero-order valence-corrected chi connectivity index (χ0v) is 9.24. The molecule has 0 aliphatic heterocycles. The molecule has 7 nitrogen and oxygen atoms in total. The highest BCUT2D eigenvalue weighted by Crippen LogP contribution is 2.22. The molecule has 8 heteroatoms. The van der Waals surface area contributed by atoms with Crippen LogP contribution in [0, 0.1) is 22.5 Å². The van der Waals surface area contributed by atoms with Crippen LogP contribution in [-0.4, -0.2) is 23.4 Å². The van der Waals surface area contributed by atoms with Crippen LogP contribution in [0.25, 0.3) is 0 Å². The van der Waals surface area contributed by atoms with Gasteiger partial charge >= 0.3 is 11.0 Å². The zero-order valence-electron chi connectivity index (χ0n) is 8.43. The van der Waals surface area contributed by atoms with E-state index in [-0.39, 0.29) is 17.1 Å². The van der Waals surface area contributed by atoms with Gasteiger partial charge in [0.2, 0.25) is 0 Å². The maximum absolute atomic E-state index is 11.4. The summed E-state index contributed by atoms with van der Waals surface area (Å²) in [6, 6.07) is 0.343. The van der Waals surface area contributed by atoms with Crippen molar-refractivity contribution in [3.63, 3.8) is 0 Å². The third kappa shape index (κ3) is 3.58. The number of carbonyl (C=O) groups is 2. The number of terminal acetylenes is 1. The highest BCUT2D eigenvalue weighted by Gasteiger charge is 2.16. The summed E-state index contributed by atoms with van der Waals surface area (Å²) in [5, 5.41) is 15.7. The van der Waals surface area contributed by atoms with Crippen LogP contribution in [0.3, 0.4) is 0 Å². The molecule has 0 radical (unpaired) electrons. The Morgan fingerprint density at radius 2 is 2.29 bits per heavy atom. The Kier molecular flexibility index (Phi) is 4.19. The lowest BCUT2D eigenvalue weighted by atomic mass is 10.3. The molecule has 0 aliphatic carbocycles. The van der Waals surface area contributed by atoms with Crippen molar-refractivity contribution in [2.24, 2.45) is 0 Å². The number of hydrogen-bond donors (Lipinski definition) is 2. The van der Waals surface area contributed by atoms with E-state index in [4.69, 9.17) is 6.42 Å². The minimum atomic E-state index is -0.748. The minimum absolute atomic E-state index is 0.0110. The normalized spacial score (nSPS) is 9.12. The van der Waals surface area contributed by atoms with E-state index in [1.165, 1.54) is 5.38 Å². The Balaban J connectivity index is 2.61. The van der Waals surface area contributed by atoms with Gasteiger partial charge in [0.1, 0.15) is 0 Å². The molecule has 0 bridgehead atoms. The largest absolute Gasteiger partial charge is 0.327 e. The van der Waals surface area contributed by atoms with E-state index in [0.29, 0.717) is 0 Å². The third-order valence-electron chi connectivity index (χ3n) is 1.61. The molecule has 1 aromatic rings. The van der Waals surface area contributed by atoms with Crippen LogP contribution in [0.1, 0.15) is 10.4 Å². The molecule has 2 N–H and O–H groups in total. The Bertz CT molecular complexity index is 503. The highest BCUT2D eigenvalue weighted by atomic mass is 32.1. The van der Waals surface area contributed by atoms with E-state index in [2.05, 4.69) is 11.2 Å². The first kappa shape index (κ1) is 12.7. The molecule has 1 aromatic heterocycles. The fourth-order valence-corrected chi connectivity index (χ4v) is 1.59. The van der Waals surface area contributed by atoms with Crippen LogP contribution in [0.4, 0.5) is 9.80 Å². The molecule has 88 valence electrons. The summed E-state index contributed by atoms with van der Waals surface area (Å²) in [7, 11) is 0. The van der Waals surface area contributed by atoms with Gasteiger partial charge in [0.15, 0.2) is 0 Å². The van der Waals surface area contributed by atoms with Crippen LogP contribution in [0.5, 0.6) is 0 Å². The van der Waals surface area contributed by atoms with E-state index < -0.39 is 16.9 Å². The number of thiophene rings is 1. The second-order valence-corrected chi connectivity index (χ2v) is 3.66. The first-order valence-electron chi connectivity index (χ1n) is 4.30. The van der Waals surface area contributed by atoms with Crippen molar-refractivity contribution >= 4 is 28.3 Å². The van der Waals surface area contributed by atoms with Crippen molar-refractivity contribution in [1.29, 1.82) is 0 Å². The summed E-state index contributed by atoms with van der Waals surface area (Å²) in [6.45, 7) is -0.0110. The minimum Gasteiger partial charge on any atom is -0.327 e. The standard InChI is InChI=1S/C9H7N3O4S/c1-2-3-10-9(14)11-8(13)6-4-7(12(15)16)17-5-6/h1,4-5H,3H2,(H2,10,11,13,14). The molecule has 3 amide bonds. The smallest absolute Gasteiger partial charge is 0.324 e. The van der Waals surface area contributed by atoms with Gasteiger partial charge < -0.3 is 5.32 Å². The summed E-state index contributed by atoms with van der Waals surface area (Å²) < 4.78 is 0. The molecule has 1 rings (SSSR count). The molecule has 1 heterocycles. The predicted molar refractivity (Wildman–Crippen MR) is 60.7 cm³/mol. The summed E-state index contributed by atoms with van der Waals surface area (Å²) in [4.78, 5) is 32.2. The second kappa shape index (κ2) is 5.62. The Morgan fingerprint density at radius 3 is 2.82 bits per heavy atom. The van der Waals surface area contributed by atoms with Gasteiger partial charge in [0.25, 0.3) is 5.91 Å². The van der Waals surface area contributed by atoms with Crippen LogP contribution in [0.2, 0.25) is 0 Å². The van der Waals surface area contributed by atoms with Crippen molar-refractivity contribution in [3.8, 4) is 12.3 Å². The first-order chi connectivity index (χ1) is 8.04. The van der Waals surface area contributed by atoms with Gasteiger partial charge in [-0.1, -0.05) is 17.3 Å². The molecule has 0 saturated heterocycles. The monoisotopic (exact) mass is 253 g/mol. The average Bonchev–Trinajstić information content (AvgIpc) is 2.75. The summed E-state index contributed by atoms with van der Waals surface area (Å²) in [5.74, 6) is 1.44. The van der Waals surface area contributed by atoms with Crippen LogP contribution in [0.15, 0.2) is 11.4 Å². The number of imide groups is 1. The fourth-order valence-electron chi connectivity index (χ4n) is 0.891. The van der Waals surface area contributed by atoms with Gasteiger partial charge in [-0.3, -0.25) is 20.2 Å². The lowest BCUT2D eigenvalue weighted by molar-refractivity contribution is -0.380. The van der Waals surface area contributed by atoms with Gasteiger partial charge in [-0.15, -0.1) is 6.42 Å². The van der Waals surface area contributed by atoms with E-state index in [9.17, 15) is 19.7 Å². The van der Waals surface area contributed by atoms with Crippen LogP contribution in [-0.2, 0) is 0 Å². The van der Waals surface area contributed by atoms with Crippen molar-refractivity contribution < 1.29 is 14.5 Å². The molecule has 0 spiro atoms. The Hall–Kier alpha value is -2.40. The van der Waals surface area contributed by atoms with Gasteiger partial charge in [-0.05, 0) is 0 Å². The lowest BCUT2D eigenvalue weighted by Gasteiger charge is -2.01. The number of amides is 3. The second-order valence-electron chi connectivity index (χ2n) is 2.77. The number of urea groups is 1. The average molecular weight is 253 g/mol. The van der Waals surface area contributed by atoms with E-state index in [0.717, 1.165) is 17.4 Å². The molecule has 0 atom stereocenters. The maximum Gasteiger partial charge on any atom is 0.324 e. The molecule has 0 aliphatic rings. The van der Waals surface area contributed by atoms with E-state index in [1.807, 2.05) is 5.32 Å². The highest BCUT2D eigenvalue weighted by molar-refractivity contribution is 7.13. The quantitative estimate of drug-likeness (QED) is 0.471. The van der Waals surface area contributed by atoms with E-state index in [1.54, 1.807) is 0 Å². The van der Waals surface area contributed by atoms with Crippen LogP contribution >= 0.6 is 11.3 Å². The number of carbonyl (C=O) groups excluding carboxylic acids is 2. The summed E-state index contributed by atoms with van der Waals surface area (Å²) in [5.41, 5.74) is 0.0533. The number of nitrogens with one attached hydrogen (secondary N) is 2. The van der Waals surface area contributed by atoms with Crippen molar-refractivity contribution in [1.82, 2.24) is 10.6 Å². The van der Waals surface area contributed by atoms with Gasteiger partial charge in [0, 0.05) is 11.4 Å². The van der Waals surface area contributed by atoms with Crippen molar-refractivity contribution in [2.45, 2.75) is 0 Å². The molecule has 0 aromatic carbocycles. The topological polar surface area (TPSA) is 101 Å².